The highest BCUT2D eigenvalue weighted by molar-refractivity contribution is 5.79. The molecule has 8 nitrogen and oxygen atoms in total. The van der Waals surface area contributed by atoms with Crippen molar-refractivity contribution >= 4 is 11.9 Å². The number of nitrogens with one attached hydrogen (secondary N) is 1. The van der Waals surface area contributed by atoms with Crippen molar-refractivity contribution in [3.8, 4) is 5.75 Å². The molecule has 4 aliphatic rings. The lowest BCUT2D eigenvalue weighted by Crippen LogP contribution is -2.68. The van der Waals surface area contributed by atoms with E-state index in [4.69, 9.17) is 4.74 Å². The number of morpholine rings is 1. The summed E-state index contributed by atoms with van der Waals surface area (Å²) in [6.45, 7) is 2.64. The highest BCUT2D eigenvalue weighted by Crippen LogP contribution is 2.53. The third-order valence-electron chi connectivity index (χ3n) is 6.89. The fourth-order valence-electron chi connectivity index (χ4n) is 5.56. The molecule has 1 N–H and O–H groups in total. The van der Waals surface area contributed by atoms with Gasteiger partial charge in [0.05, 0.1) is 18.3 Å². The summed E-state index contributed by atoms with van der Waals surface area (Å²) in [6.07, 6.45) is -0.250. The van der Waals surface area contributed by atoms with Crippen LogP contribution in [0.25, 0.3) is 0 Å². The van der Waals surface area contributed by atoms with Crippen molar-refractivity contribution in [2.75, 3.05) is 32.8 Å². The molecule has 4 heterocycles. The second-order valence-corrected chi connectivity index (χ2v) is 9.41. The van der Waals surface area contributed by atoms with E-state index >= 15 is 0 Å². The predicted molar refractivity (Wildman–Crippen MR) is 105 cm³/mol. The van der Waals surface area contributed by atoms with E-state index in [1.165, 1.54) is 6.07 Å². The zero-order valence-corrected chi connectivity index (χ0v) is 17.4. The summed E-state index contributed by atoms with van der Waals surface area (Å²) in [5.41, 5.74) is 0.895. The van der Waals surface area contributed by atoms with Gasteiger partial charge in [0.2, 0.25) is 5.91 Å². The van der Waals surface area contributed by atoms with Gasteiger partial charge in [0.1, 0.15) is 12.4 Å². The van der Waals surface area contributed by atoms with Crippen LogP contribution in [-0.2, 0) is 16.0 Å². The fraction of sp³-hybridized carbons (Fsp3) is 0.667. The second-order valence-electron chi connectivity index (χ2n) is 9.41. The maximum absolute atomic E-state index is 12.9. The summed E-state index contributed by atoms with van der Waals surface area (Å²) >= 11 is 0. The maximum atomic E-state index is 12.9. The number of urea groups is 1. The number of pyridine rings is 1. The second kappa shape index (κ2) is 7.79. The van der Waals surface area contributed by atoms with Gasteiger partial charge >= 0.3 is 12.4 Å². The van der Waals surface area contributed by atoms with Crippen molar-refractivity contribution in [3.05, 3.63) is 24.0 Å². The minimum Gasteiger partial charge on any atom is -0.404 e. The van der Waals surface area contributed by atoms with Crippen LogP contribution >= 0.6 is 0 Å². The van der Waals surface area contributed by atoms with Gasteiger partial charge < -0.3 is 24.6 Å². The first-order valence-electron chi connectivity index (χ1n) is 10.8. The van der Waals surface area contributed by atoms with Crippen LogP contribution in [-0.4, -0.2) is 78.0 Å². The van der Waals surface area contributed by atoms with E-state index < -0.39 is 6.36 Å². The smallest absolute Gasteiger partial charge is 0.404 e. The number of carbonyl (C=O) groups excluding carboxylic acids is 2. The fourth-order valence-corrected chi connectivity index (χ4v) is 5.56. The Morgan fingerprint density at radius 1 is 1.28 bits per heavy atom. The summed E-state index contributed by atoms with van der Waals surface area (Å²) < 4.78 is 46.1. The van der Waals surface area contributed by atoms with Crippen LogP contribution in [0.3, 0.4) is 0 Å². The van der Waals surface area contributed by atoms with Gasteiger partial charge in [-0.3, -0.25) is 9.78 Å². The number of piperidine rings is 1. The normalized spacial score (nSPS) is 27.3. The highest BCUT2D eigenvalue weighted by Gasteiger charge is 2.54. The van der Waals surface area contributed by atoms with Gasteiger partial charge in [-0.15, -0.1) is 13.2 Å². The van der Waals surface area contributed by atoms with Gasteiger partial charge in [-0.1, -0.05) is 0 Å². The lowest BCUT2D eigenvalue weighted by molar-refractivity contribution is -0.274. The summed E-state index contributed by atoms with van der Waals surface area (Å²) in [5, 5.41) is 2.91. The van der Waals surface area contributed by atoms with Crippen molar-refractivity contribution in [2.45, 2.75) is 44.2 Å². The Balaban J connectivity index is 1.06. The molecule has 4 fully saturated rings. The Morgan fingerprint density at radius 3 is 2.75 bits per heavy atom. The average molecular weight is 454 g/mol. The van der Waals surface area contributed by atoms with Gasteiger partial charge in [-0.05, 0) is 43.7 Å². The molecule has 0 bridgehead atoms. The number of fused-ring (bicyclic) bond motifs is 1. The Morgan fingerprint density at radius 2 is 2.06 bits per heavy atom. The van der Waals surface area contributed by atoms with Crippen LogP contribution in [0, 0.1) is 11.3 Å². The molecular weight excluding hydrogens is 429 g/mol. The average Bonchev–Trinajstić information content (AvgIpc) is 2.68. The molecule has 0 aromatic carbocycles. The number of amides is 3. The van der Waals surface area contributed by atoms with Gasteiger partial charge in [0.15, 0.2) is 0 Å². The van der Waals surface area contributed by atoms with Crippen LogP contribution in [0.1, 0.15) is 25.0 Å². The number of hydrogen-bond donors (Lipinski definition) is 1. The molecule has 0 unspecified atom stereocenters. The number of hydrogen-bond acceptors (Lipinski definition) is 5. The summed E-state index contributed by atoms with van der Waals surface area (Å²) in [4.78, 5) is 32.2. The lowest BCUT2D eigenvalue weighted by Gasteiger charge is -2.60. The molecule has 1 aliphatic carbocycles. The Labute approximate surface area is 183 Å². The molecule has 3 aliphatic heterocycles. The molecule has 2 atom stereocenters. The highest BCUT2D eigenvalue weighted by atomic mass is 19.4. The van der Waals surface area contributed by atoms with Crippen molar-refractivity contribution in [1.29, 1.82) is 0 Å². The van der Waals surface area contributed by atoms with E-state index in [1.54, 1.807) is 11.0 Å². The lowest BCUT2D eigenvalue weighted by atomic mass is 9.57. The molecule has 3 saturated heterocycles. The molecule has 1 aromatic heterocycles. The monoisotopic (exact) mass is 454 g/mol. The number of likely N-dealkylation sites (tertiary alicyclic amines) is 2. The largest absolute Gasteiger partial charge is 0.573 e. The summed E-state index contributed by atoms with van der Waals surface area (Å²) in [6, 6.07) is 2.73. The topological polar surface area (TPSA) is 84.0 Å². The van der Waals surface area contributed by atoms with Crippen LogP contribution in [0.2, 0.25) is 0 Å². The zero-order chi connectivity index (χ0) is 22.5. The van der Waals surface area contributed by atoms with Crippen molar-refractivity contribution in [2.24, 2.45) is 11.3 Å². The minimum atomic E-state index is -4.72. The van der Waals surface area contributed by atoms with Crippen LogP contribution in [0.15, 0.2) is 18.3 Å². The third-order valence-corrected chi connectivity index (χ3v) is 6.89. The van der Waals surface area contributed by atoms with E-state index in [2.05, 4.69) is 15.0 Å². The van der Waals surface area contributed by atoms with Gasteiger partial charge in [-0.2, -0.15) is 0 Å². The number of nitrogens with zero attached hydrogens (tertiary/aromatic N) is 3. The first-order chi connectivity index (χ1) is 15.2. The van der Waals surface area contributed by atoms with Crippen molar-refractivity contribution in [1.82, 2.24) is 20.1 Å². The number of aromatic nitrogens is 1. The number of halogens is 3. The quantitative estimate of drug-likeness (QED) is 0.755. The van der Waals surface area contributed by atoms with Crippen LogP contribution in [0.4, 0.5) is 18.0 Å². The summed E-state index contributed by atoms with van der Waals surface area (Å²) in [7, 11) is 0. The number of carbonyl (C=O) groups is 2. The zero-order valence-electron chi connectivity index (χ0n) is 17.4. The molecule has 1 saturated carbocycles. The molecular formula is C21H25F3N4O4. The molecule has 5 rings (SSSR count). The number of alkyl halides is 3. The number of rotatable bonds is 3. The van der Waals surface area contributed by atoms with E-state index in [9.17, 15) is 22.8 Å². The first kappa shape index (κ1) is 21.3. The molecule has 3 amide bonds. The summed E-state index contributed by atoms with van der Waals surface area (Å²) in [5.74, 6) is -0.0386. The molecule has 0 radical (unpaired) electrons. The molecule has 1 aromatic rings. The third kappa shape index (κ3) is 4.35. The number of ether oxygens (including phenoxy) is 2. The maximum Gasteiger partial charge on any atom is 0.573 e. The van der Waals surface area contributed by atoms with Crippen molar-refractivity contribution < 1.29 is 32.2 Å². The van der Waals surface area contributed by atoms with Gasteiger partial charge in [0, 0.05) is 37.3 Å². The van der Waals surface area contributed by atoms with Gasteiger partial charge in [0.25, 0.3) is 0 Å². The minimum absolute atomic E-state index is 0.0132. The first-order valence-corrected chi connectivity index (χ1v) is 10.8. The molecule has 174 valence electrons. The Hall–Kier alpha value is -2.56. The van der Waals surface area contributed by atoms with E-state index in [1.807, 2.05) is 4.90 Å². The standard InChI is InChI=1S/C21H25F3N4O4/c22-21(23,24)32-15-2-1-14(25-8-15)5-13-6-20(7-13)11-28(12-20)19(30)27-4-3-17-16(9-27)26-18(29)10-31-17/h1-2,8,13,16-17H,3-7,9-12H2,(H,26,29)/t16-,17+/m1/s1. The molecule has 1 spiro atoms. The van der Waals surface area contributed by atoms with Crippen molar-refractivity contribution in [3.63, 3.8) is 0 Å². The molecule has 11 heteroatoms. The predicted octanol–water partition coefficient (Wildman–Crippen LogP) is 1.94. The molecule has 32 heavy (non-hydrogen) atoms. The Bertz CT molecular complexity index is 880. The van der Waals surface area contributed by atoms with Crippen LogP contribution < -0.4 is 10.1 Å². The van der Waals surface area contributed by atoms with Gasteiger partial charge in [-0.25, -0.2) is 4.79 Å². The SMILES string of the molecule is O=C1CO[C@H]2CCN(C(=O)N3CC4(CC(Cc5ccc(OC(F)(F)F)cn5)C4)C3)C[C@H]2N1. The van der Waals surface area contributed by atoms with Crippen LogP contribution in [0.5, 0.6) is 5.75 Å². The van der Waals surface area contributed by atoms with E-state index in [0.29, 0.717) is 25.4 Å². The van der Waals surface area contributed by atoms with E-state index in [-0.39, 0.29) is 41.9 Å². The van der Waals surface area contributed by atoms with E-state index in [0.717, 1.165) is 44.2 Å². The Kier molecular flexibility index (Phi) is 5.18.